The molecule has 0 spiro atoms. The summed E-state index contributed by atoms with van der Waals surface area (Å²) in [5, 5.41) is 7.19. The van der Waals surface area contributed by atoms with Gasteiger partial charge in [0.15, 0.2) is 5.16 Å². The lowest BCUT2D eigenvalue weighted by Crippen LogP contribution is -2.16. The van der Waals surface area contributed by atoms with Gasteiger partial charge in [0.1, 0.15) is 0 Å². The quantitative estimate of drug-likeness (QED) is 0.654. The molecule has 0 aliphatic carbocycles. The number of thioether (sulfide) groups is 1. The number of hydrogen-bond donors (Lipinski definition) is 2. The first-order valence-corrected chi connectivity index (χ1v) is 7.29. The van der Waals surface area contributed by atoms with Crippen LogP contribution in [0, 0.1) is 11.8 Å². The minimum absolute atomic E-state index is 0.169. The van der Waals surface area contributed by atoms with E-state index in [4.69, 9.17) is 5.73 Å². The highest BCUT2D eigenvalue weighted by Gasteiger charge is 2.07. The monoisotopic (exact) mass is 288 g/mol. The van der Waals surface area contributed by atoms with E-state index in [1.165, 1.54) is 11.8 Å². The average molecular weight is 288 g/mol. The molecule has 104 valence electrons. The molecule has 0 radical (unpaired) electrons. The van der Waals surface area contributed by atoms with Gasteiger partial charge in [0, 0.05) is 17.9 Å². The highest BCUT2D eigenvalue weighted by Crippen LogP contribution is 2.20. The largest absolute Gasteiger partial charge is 0.343 e. The highest BCUT2D eigenvalue weighted by atomic mass is 32.2. The third-order valence-electron chi connectivity index (χ3n) is 2.67. The normalized spacial score (nSPS) is 10.1. The predicted octanol–water partition coefficient (Wildman–Crippen LogP) is 1.19. The van der Waals surface area contributed by atoms with Crippen molar-refractivity contribution in [3.63, 3.8) is 0 Å². The van der Waals surface area contributed by atoms with Crippen LogP contribution in [0.4, 0.5) is 0 Å². The number of nitrogens with one attached hydrogen (secondary N) is 1. The van der Waals surface area contributed by atoms with Crippen LogP contribution in [-0.2, 0) is 12.3 Å². The van der Waals surface area contributed by atoms with Crippen LogP contribution >= 0.6 is 11.8 Å². The molecule has 0 bridgehead atoms. The first-order valence-electron chi connectivity index (χ1n) is 6.30. The number of benzene rings is 1. The highest BCUT2D eigenvalue weighted by molar-refractivity contribution is 7.98. The minimum Gasteiger partial charge on any atom is -0.320 e. The van der Waals surface area contributed by atoms with E-state index in [-0.39, 0.29) is 5.69 Å². The second-order valence-electron chi connectivity index (χ2n) is 4.05. The minimum atomic E-state index is -0.169. The molecule has 0 atom stereocenters. The Kier molecular flexibility index (Phi) is 5.04. The molecule has 3 N–H and O–H groups in total. The summed E-state index contributed by atoms with van der Waals surface area (Å²) in [4.78, 5) is 11.5. The molecule has 6 heteroatoms. The summed E-state index contributed by atoms with van der Waals surface area (Å²) in [7, 11) is 0. The van der Waals surface area contributed by atoms with E-state index >= 15 is 0 Å². The first-order chi connectivity index (χ1) is 9.74. The van der Waals surface area contributed by atoms with Crippen molar-refractivity contribution in [3.05, 3.63) is 45.9 Å². The summed E-state index contributed by atoms with van der Waals surface area (Å²) in [5.74, 6) is 6.58. The van der Waals surface area contributed by atoms with Crippen molar-refractivity contribution in [3.8, 4) is 11.8 Å². The maximum absolute atomic E-state index is 11.5. The number of hydrogen-bond acceptors (Lipinski definition) is 4. The van der Waals surface area contributed by atoms with Gasteiger partial charge in [0.05, 0.1) is 6.54 Å². The molecule has 1 heterocycles. The number of aromatic nitrogens is 3. The zero-order chi connectivity index (χ0) is 14.4. The van der Waals surface area contributed by atoms with Crippen molar-refractivity contribution in [1.82, 2.24) is 14.8 Å². The lowest BCUT2D eigenvalue weighted by molar-refractivity contribution is 0.660. The summed E-state index contributed by atoms with van der Waals surface area (Å²) >= 11 is 1.53. The van der Waals surface area contributed by atoms with Gasteiger partial charge in [0.2, 0.25) is 0 Å². The van der Waals surface area contributed by atoms with E-state index in [9.17, 15) is 4.79 Å². The van der Waals surface area contributed by atoms with Crippen molar-refractivity contribution >= 4 is 11.8 Å². The fourth-order valence-corrected chi connectivity index (χ4v) is 2.69. The standard InChI is InChI=1S/C14H16N4OS/c1-2-18-13(19)16-17-14(18)20-10-12-6-3-5-11(9-12)7-4-8-15/h3,5-6,9H,2,8,10,15H2,1H3,(H,16,19). The molecule has 0 unspecified atom stereocenters. The third-order valence-corrected chi connectivity index (χ3v) is 3.72. The number of rotatable bonds is 4. The summed E-state index contributed by atoms with van der Waals surface area (Å²) in [6.07, 6.45) is 0. The van der Waals surface area contributed by atoms with Gasteiger partial charge in [-0.05, 0) is 24.6 Å². The zero-order valence-corrected chi connectivity index (χ0v) is 12.0. The van der Waals surface area contributed by atoms with Crippen molar-refractivity contribution < 1.29 is 0 Å². The topological polar surface area (TPSA) is 76.7 Å². The summed E-state index contributed by atoms with van der Waals surface area (Å²) in [6, 6.07) is 7.97. The summed E-state index contributed by atoms with van der Waals surface area (Å²) in [5.41, 5.74) is 7.28. The second kappa shape index (κ2) is 6.98. The molecule has 1 aromatic carbocycles. The van der Waals surface area contributed by atoms with Gasteiger partial charge in [-0.3, -0.25) is 4.57 Å². The van der Waals surface area contributed by atoms with Crippen LogP contribution in [0.1, 0.15) is 18.1 Å². The number of nitrogens with two attached hydrogens (primary N) is 1. The molecule has 0 amide bonds. The van der Waals surface area contributed by atoms with E-state index in [1.54, 1.807) is 4.57 Å². The Bertz CT molecular complexity index is 693. The van der Waals surface area contributed by atoms with E-state index in [2.05, 4.69) is 22.0 Å². The van der Waals surface area contributed by atoms with Crippen LogP contribution in [0.5, 0.6) is 0 Å². The second-order valence-corrected chi connectivity index (χ2v) is 4.99. The van der Waals surface area contributed by atoms with Crippen molar-refractivity contribution in [2.75, 3.05) is 6.54 Å². The van der Waals surface area contributed by atoms with E-state index in [1.807, 2.05) is 31.2 Å². The molecule has 2 aromatic rings. The van der Waals surface area contributed by atoms with Crippen LogP contribution < -0.4 is 11.4 Å². The Morgan fingerprint density at radius 2 is 2.35 bits per heavy atom. The molecular weight excluding hydrogens is 272 g/mol. The Balaban J connectivity index is 2.09. The smallest absolute Gasteiger partial charge is 0.320 e. The molecular formula is C14H16N4OS. The number of aromatic amines is 1. The SMILES string of the molecule is CCn1c(SCc2cccc(C#CCN)c2)n[nH]c1=O. The Morgan fingerprint density at radius 1 is 1.50 bits per heavy atom. The molecule has 5 nitrogen and oxygen atoms in total. The fraction of sp³-hybridized carbons (Fsp3) is 0.286. The molecule has 0 aliphatic rings. The van der Waals surface area contributed by atoms with Gasteiger partial charge in [-0.15, -0.1) is 5.10 Å². The van der Waals surface area contributed by atoms with Gasteiger partial charge in [-0.25, -0.2) is 9.89 Å². The van der Waals surface area contributed by atoms with Crippen molar-refractivity contribution in [2.24, 2.45) is 5.73 Å². The maximum atomic E-state index is 11.5. The third kappa shape index (κ3) is 3.53. The Hall–Kier alpha value is -1.97. The molecule has 2 rings (SSSR count). The van der Waals surface area contributed by atoms with E-state index < -0.39 is 0 Å². The van der Waals surface area contributed by atoms with Crippen molar-refractivity contribution in [2.45, 2.75) is 24.4 Å². The molecule has 0 saturated carbocycles. The van der Waals surface area contributed by atoms with E-state index in [0.717, 1.165) is 16.9 Å². The predicted molar refractivity (Wildman–Crippen MR) is 80.5 cm³/mol. The first kappa shape index (κ1) is 14.4. The van der Waals surface area contributed by atoms with Crippen molar-refractivity contribution in [1.29, 1.82) is 0 Å². The summed E-state index contributed by atoms with van der Waals surface area (Å²) < 4.78 is 1.61. The molecule has 1 aromatic heterocycles. The van der Waals surface area contributed by atoms with Gasteiger partial charge >= 0.3 is 5.69 Å². The number of nitrogens with zero attached hydrogens (tertiary/aromatic N) is 2. The van der Waals surface area contributed by atoms with Crippen LogP contribution in [0.3, 0.4) is 0 Å². The average Bonchev–Trinajstić information content (AvgIpc) is 2.83. The fourth-order valence-electron chi connectivity index (χ4n) is 1.73. The maximum Gasteiger partial charge on any atom is 0.343 e. The van der Waals surface area contributed by atoms with E-state index in [0.29, 0.717) is 18.2 Å². The molecule has 20 heavy (non-hydrogen) atoms. The summed E-state index contributed by atoms with van der Waals surface area (Å²) in [6.45, 7) is 2.89. The van der Waals surface area contributed by atoms with Gasteiger partial charge in [-0.2, -0.15) is 0 Å². The Labute approximate surface area is 121 Å². The molecule has 0 fully saturated rings. The van der Waals surface area contributed by atoms with Crippen LogP contribution in [0.2, 0.25) is 0 Å². The zero-order valence-electron chi connectivity index (χ0n) is 11.2. The molecule has 0 aliphatic heterocycles. The lowest BCUT2D eigenvalue weighted by atomic mass is 10.1. The van der Waals surface area contributed by atoms with Gasteiger partial charge in [-0.1, -0.05) is 35.7 Å². The van der Waals surface area contributed by atoms with Gasteiger partial charge < -0.3 is 5.73 Å². The lowest BCUT2D eigenvalue weighted by Gasteiger charge is -2.03. The van der Waals surface area contributed by atoms with Gasteiger partial charge in [0.25, 0.3) is 0 Å². The Morgan fingerprint density at radius 3 is 3.10 bits per heavy atom. The van der Waals surface area contributed by atoms with Crippen LogP contribution in [0.15, 0.2) is 34.2 Å². The van der Waals surface area contributed by atoms with Crippen LogP contribution in [-0.4, -0.2) is 21.3 Å². The number of H-pyrrole nitrogens is 1. The van der Waals surface area contributed by atoms with Crippen LogP contribution in [0.25, 0.3) is 0 Å². The molecule has 0 saturated heterocycles.